The molecule has 0 fully saturated rings. The molecule has 0 aliphatic heterocycles. The molecule has 0 aromatic rings. The van der Waals surface area contributed by atoms with Gasteiger partial charge in [-0.15, -0.1) is 0 Å². The van der Waals surface area contributed by atoms with Gasteiger partial charge in [-0.2, -0.15) is 0 Å². The molecule has 0 heterocycles. The third-order valence-corrected chi connectivity index (χ3v) is 1.47. The lowest BCUT2D eigenvalue weighted by Crippen LogP contribution is -2.16. The van der Waals surface area contributed by atoms with E-state index in [1.165, 1.54) is 7.11 Å². The standard InChI is InChI=1S/C9H14O3/c1-4-5-6-7(2)8(10)9(11)12-3/h6H,4-5H2,1-3H3. The van der Waals surface area contributed by atoms with E-state index in [4.69, 9.17) is 0 Å². The zero-order valence-electron chi connectivity index (χ0n) is 7.72. The molecule has 0 rings (SSSR count). The molecule has 0 unspecified atom stereocenters. The Morgan fingerprint density at radius 3 is 2.42 bits per heavy atom. The molecular weight excluding hydrogens is 156 g/mol. The summed E-state index contributed by atoms with van der Waals surface area (Å²) >= 11 is 0. The van der Waals surface area contributed by atoms with E-state index in [1.807, 2.05) is 6.92 Å². The van der Waals surface area contributed by atoms with Crippen molar-refractivity contribution in [2.75, 3.05) is 7.11 Å². The summed E-state index contributed by atoms with van der Waals surface area (Å²) in [5, 5.41) is 0. The molecule has 12 heavy (non-hydrogen) atoms. The number of allylic oxidation sites excluding steroid dienone is 1. The molecule has 0 N–H and O–H groups in total. The van der Waals surface area contributed by atoms with Gasteiger partial charge in [0.15, 0.2) is 0 Å². The number of carbonyl (C=O) groups is 2. The molecule has 0 aromatic heterocycles. The number of carbonyl (C=O) groups excluding carboxylic acids is 2. The quantitative estimate of drug-likeness (QED) is 0.364. The Hall–Kier alpha value is -1.12. The smallest absolute Gasteiger partial charge is 0.379 e. The van der Waals surface area contributed by atoms with Crippen LogP contribution in [0.15, 0.2) is 11.6 Å². The topological polar surface area (TPSA) is 43.4 Å². The van der Waals surface area contributed by atoms with Gasteiger partial charge >= 0.3 is 5.97 Å². The molecule has 3 nitrogen and oxygen atoms in total. The molecule has 0 aliphatic rings. The van der Waals surface area contributed by atoms with Crippen molar-refractivity contribution >= 4 is 11.8 Å². The third kappa shape index (κ3) is 3.32. The summed E-state index contributed by atoms with van der Waals surface area (Å²) in [6.07, 6.45) is 3.53. The van der Waals surface area contributed by atoms with Gasteiger partial charge in [0.05, 0.1) is 7.11 Å². The lowest BCUT2D eigenvalue weighted by atomic mass is 10.1. The van der Waals surface area contributed by atoms with Gasteiger partial charge < -0.3 is 4.74 Å². The number of hydrogen-bond donors (Lipinski definition) is 0. The van der Waals surface area contributed by atoms with E-state index >= 15 is 0 Å². The van der Waals surface area contributed by atoms with Crippen LogP contribution in [0, 0.1) is 0 Å². The highest BCUT2D eigenvalue weighted by Crippen LogP contribution is 2.00. The van der Waals surface area contributed by atoms with Gasteiger partial charge in [-0.25, -0.2) is 4.79 Å². The maximum Gasteiger partial charge on any atom is 0.379 e. The molecule has 0 saturated carbocycles. The fraction of sp³-hybridized carbons (Fsp3) is 0.556. The van der Waals surface area contributed by atoms with E-state index in [9.17, 15) is 9.59 Å². The molecule has 0 aromatic carbocycles. The lowest BCUT2D eigenvalue weighted by molar-refractivity contribution is -0.149. The Balaban J connectivity index is 4.18. The summed E-state index contributed by atoms with van der Waals surface area (Å²) in [4.78, 5) is 21.7. The van der Waals surface area contributed by atoms with Crippen LogP contribution in [0.1, 0.15) is 26.7 Å². The van der Waals surface area contributed by atoms with E-state index in [2.05, 4.69) is 4.74 Å². The first kappa shape index (κ1) is 10.9. The van der Waals surface area contributed by atoms with E-state index in [-0.39, 0.29) is 0 Å². The minimum absolute atomic E-state index is 0.462. The Morgan fingerprint density at radius 1 is 1.42 bits per heavy atom. The summed E-state index contributed by atoms with van der Waals surface area (Å²) < 4.78 is 4.28. The first-order valence-corrected chi connectivity index (χ1v) is 3.92. The summed E-state index contributed by atoms with van der Waals surface area (Å²) in [6, 6.07) is 0. The van der Waals surface area contributed by atoms with Crippen molar-refractivity contribution in [1.82, 2.24) is 0 Å². The van der Waals surface area contributed by atoms with E-state index in [0.29, 0.717) is 5.57 Å². The molecule has 0 saturated heterocycles. The monoisotopic (exact) mass is 170 g/mol. The maximum absolute atomic E-state index is 11.0. The predicted molar refractivity (Wildman–Crippen MR) is 45.7 cm³/mol. The molecule has 0 spiro atoms. The van der Waals surface area contributed by atoms with Crippen LogP contribution < -0.4 is 0 Å². The van der Waals surface area contributed by atoms with Gasteiger partial charge in [0.2, 0.25) is 0 Å². The van der Waals surface area contributed by atoms with Gasteiger partial charge in [-0.3, -0.25) is 4.79 Å². The number of esters is 1. The zero-order chi connectivity index (χ0) is 9.56. The van der Waals surface area contributed by atoms with Crippen molar-refractivity contribution in [2.24, 2.45) is 0 Å². The Bertz CT molecular complexity index is 204. The van der Waals surface area contributed by atoms with Gasteiger partial charge in [-0.05, 0) is 13.3 Å². The van der Waals surface area contributed by atoms with E-state index in [1.54, 1.807) is 13.0 Å². The minimum Gasteiger partial charge on any atom is -0.463 e. The van der Waals surface area contributed by atoms with Crippen molar-refractivity contribution in [3.05, 3.63) is 11.6 Å². The van der Waals surface area contributed by atoms with Crippen LogP contribution in [0.4, 0.5) is 0 Å². The van der Waals surface area contributed by atoms with Crippen LogP contribution in [-0.2, 0) is 14.3 Å². The number of Topliss-reactive ketones (excluding diaryl/α,β-unsaturated/α-hetero) is 1. The molecular formula is C9H14O3. The lowest BCUT2D eigenvalue weighted by Gasteiger charge is -1.97. The zero-order valence-corrected chi connectivity index (χ0v) is 7.72. The minimum atomic E-state index is -0.792. The highest BCUT2D eigenvalue weighted by atomic mass is 16.5. The highest BCUT2D eigenvalue weighted by Gasteiger charge is 2.14. The predicted octanol–water partition coefficient (Wildman–Crippen LogP) is 1.47. The summed E-state index contributed by atoms with van der Waals surface area (Å²) in [7, 11) is 1.20. The third-order valence-electron chi connectivity index (χ3n) is 1.47. The van der Waals surface area contributed by atoms with Crippen molar-refractivity contribution in [1.29, 1.82) is 0 Å². The van der Waals surface area contributed by atoms with E-state index in [0.717, 1.165) is 12.8 Å². The molecule has 0 bridgehead atoms. The first-order valence-electron chi connectivity index (χ1n) is 3.92. The number of rotatable bonds is 4. The largest absolute Gasteiger partial charge is 0.463 e. The van der Waals surface area contributed by atoms with Crippen molar-refractivity contribution < 1.29 is 14.3 Å². The van der Waals surface area contributed by atoms with Crippen LogP contribution >= 0.6 is 0 Å². The number of ether oxygens (including phenoxy) is 1. The Labute approximate surface area is 72.4 Å². The van der Waals surface area contributed by atoms with Crippen LogP contribution in [0.25, 0.3) is 0 Å². The number of unbranched alkanes of at least 4 members (excludes halogenated alkanes) is 1. The highest BCUT2D eigenvalue weighted by molar-refractivity contribution is 6.40. The number of ketones is 1. The molecule has 0 atom stereocenters. The molecule has 0 aliphatic carbocycles. The molecule has 0 radical (unpaired) electrons. The van der Waals surface area contributed by atoms with Crippen molar-refractivity contribution in [3.8, 4) is 0 Å². The van der Waals surface area contributed by atoms with Crippen molar-refractivity contribution in [2.45, 2.75) is 26.7 Å². The second-order valence-electron chi connectivity index (χ2n) is 2.50. The second-order valence-corrected chi connectivity index (χ2v) is 2.50. The van der Waals surface area contributed by atoms with Crippen LogP contribution in [0.5, 0.6) is 0 Å². The van der Waals surface area contributed by atoms with Gasteiger partial charge in [0, 0.05) is 5.57 Å². The second kappa shape index (κ2) is 5.52. The van der Waals surface area contributed by atoms with E-state index < -0.39 is 11.8 Å². The maximum atomic E-state index is 11.0. The molecule has 0 amide bonds. The SMILES string of the molecule is CCCC=C(C)C(=O)C(=O)OC. The normalized spacial score (nSPS) is 11.1. The van der Waals surface area contributed by atoms with Crippen LogP contribution in [-0.4, -0.2) is 18.9 Å². The average molecular weight is 170 g/mol. The van der Waals surface area contributed by atoms with Crippen LogP contribution in [0.2, 0.25) is 0 Å². The fourth-order valence-corrected chi connectivity index (χ4v) is 0.707. The molecule has 3 heteroatoms. The summed E-state index contributed by atoms with van der Waals surface area (Å²) in [5.74, 6) is -1.34. The summed E-state index contributed by atoms with van der Waals surface area (Å²) in [6.45, 7) is 3.63. The fourth-order valence-electron chi connectivity index (χ4n) is 0.707. The number of methoxy groups -OCH3 is 1. The summed E-state index contributed by atoms with van der Waals surface area (Å²) in [5.41, 5.74) is 0.462. The van der Waals surface area contributed by atoms with Gasteiger partial charge in [-0.1, -0.05) is 19.4 Å². The Morgan fingerprint density at radius 2 is 2.00 bits per heavy atom. The molecule has 68 valence electrons. The van der Waals surface area contributed by atoms with Gasteiger partial charge in [0.25, 0.3) is 5.78 Å². The van der Waals surface area contributed by atoms with Crippen molar-refractivity contribution in [3.63, 3.8) is 0 Å². The van der Waals surface area contributed by atoms with Gasteiger partial charge in [0.1, 0.15) is 0 Å². The average Bonchev–Trinajstić information content (AvgIpc) is 2.11. The number of hydrogen-bond acceptors (Lipinski definition) is 3. The van der Waals surface area contributed by atoms with Crippen LogP contribution in [0.3, 0.4) is 0 Å². The first-order chi connectivity index (χ1) is 5.63. The Kier molecular flexibility index (Phi) is 5.00.